The van der Waals surface area contributed by atoms with Crippen molar-refractivity contribution in [3.63, 3.8) is 0 Å². The van der Waals surface area contributed by atoms with Crippen LogP contribution in [-0.4, -0.2) is 75.7 Å². The molecule has 0 fully saturated rings. The maximum absolute atomic E-state index is 7.40. The number of furan rings is 1. The van der Waals surface area contributed by atoms with Crippen molar-refractivity contribution in [3.8, 4) is 22.3 Å². The average Bonchev–Trinajstić information content (AvgIpc) is 3.74. The number of benzene rings is 11. The first-order valence-electron chi connectivity index (χ1n) is 20.9. The van der Waals surface area contributed by atoms with E-state index < -0.39 is 0 Å². The first kappa shape index (κ1) is 39.1. The number of rotatable bonds is 4. The van der Waals surface area contributed by atoms with Crippen molar-refractivity contribution in [2.75, 3.05) is 0 Å². The Hall–Kier alpha value is -6.51. The first-order valence-corrected chi connectivity index (χ1v) is 20.9. The molecular weight excluding hydrogens is 762 g/mol. The quantitative estimate of drug-likeness (QED) is 0.190. The number of fused-ring (bicyclic) bond motifs is 2. The molecule has 0 saturated carbocycles. The maximum atomic E-state index is 7.40. The average molecular weight is 786 g/mol. The minimum absolute atomic E-state index is 0.0908. The Morgan fingerprint density at radius 1 is 0.422 bits per heavy atom. The summed E-state index contributed by atoms with van der Waals surface area (Å²) in [6.45, 7) is 1.71. The SMILES string of the molecule is [B]/C(C(=[B])c1ccc(-c2ccc3ccc4cccc5ccc2c3c45)cc1-c1ccc2ccc3cccc4ccc1c2c34)=c1/c(=C(/[B])C)oc2c([B])c3c([B])c([B])c([B])c([B])c3c([B])c12. The third-order valence-corrected chi connectivity index (χ3v) is 13.5. The molecule has 11 aromatic carbocycles. The van der Waals surface area contributed by atoms with Gasteiger partial charge in [-0.3, -0.25) is 0 Å². The van der Waals surface area contributed by atoms with Crippen LogP contribution >= 0.6 is 0 Å². The van der Waals surface area contributed by atoms with Crippen molar-refractivity contribution < 1.29 is 4.42 Å². The van der Waals surface area contributed by atoms with Gasteiger partial charge in [0.2, 0.25) is 0 Å². The third kappa shape index (κ3) is 5.29. The van der Waals surface area contributed by atoms with Crippen molar-refractivity contribution in [2.24, 2.45) is 0 Å². The van der Waals surface area contributed by atoms with Crippen LogP contribution in [0, 0.1) is 0 Å². The van der Waals surface area contributed by atoms with E-state index in [4.69, 9.17) is 74.7 Å². The van der Waals surface area contributed by atoms with Crippen molar-refractivity contribution in [3.05, 3.63) is 144 Å². The number of hydrogen-bond donors (Lipinski definition) is 0. The van der Waals surface area contributed by atoms with Crippen LogP contribution < -0.4 is 43.4 Å². The third-order valence-electron chi connectivity index (χ3n) is 13.5. The summed E-state index contributed by atoms with van der Waals surface area (Å²) in [7, 11) is 60.8. The summed E-state index contributed by atoms with van der Waals surface area (Å²) in [5, 5.41) is 15.6. The molecule has 12 rings (SSSR count). The summed E-state index contributed by atoms with van der Waals surface area (Å²) in [6, 6.07) is 45.6. The van der Waals surface area contributed by atoms with Crippen molar-refractivity contribution >= 4 is 206 Å². The van der Waals surface area contributed by atoms with Gasteiger partial charge in [-0.05, 0) is 0 Å². The fourth-order valence-corrected chi connectivity index (χ4v) is 10.4. The second kappa shape index (κ2) is 14.0. The molecule has 1 heterocycles. The molecule has 10 heteroatoms. The van der Waals surface area contributed by atoms with E-state index in [1.807, 2.05) is 6.07 Å². The van der Waals surface area contributed by atoms with Crippen LogP contribution in [0.15, 0.2) is 132 Å². The Labute approximate surface area is 381 Å². The van der Waals surface area contributed by atoms with E-state index in [0.29, 0.717) is 32.4 Å². The monoisotopic (exact) mass is 787 g/mol. The molecule has 64 heavy (non-hydrogen) atoms. The van der Waals surface area contributed by atoms with Gasteiger partial charge < -0.3 is 0 Å². The minimum atomic E-state index is 0.0908. The topological polar surface area (TPSA) is 13.1 Å². The predicted molar refractivity (Wildman–Crippen MR) is 284 cm³/mol. The van der Waals surface area contributed by atoms with Gasteiger partial charge in [0.25, 0.3) is 0 Å². The summed E-state index contributed by atoms with van der Waals surface area (Å²) >= 11 is 0. The first-order chi connectivity index (χ1) is 30.9. The molecule has 1 aromatic heterocycles. The second-order valence-electron chi connectivity index (χ2n) is 17.0. The van der Waals surface area contributed by atoms with Gasteiger partial charge in [0.05, 0.1) is 0 Å². The molecular formula is C54H24B9O. The van der Waals surface area contributed by atoms with Gasteiger partial charge in [-0.25, -0.2) is 0 Å². The van der Waals surface area contributed by atoms with Gasteiger partial charge in [-0.1, -0.05) is 0 Å². The Kier molecular flexibility index (Phi) is 8.55. The van der Waals surface area contributed by atoms with Crippen LogP contribution in [0.2, 0.25) is 0 Å². The summed E-state index contributed by atoms with van der Waals surface area (Å²) in [5.41, 5.74) is 6.68. The fourth-order valence-electron chi connectivity index (χ4n) is 10.4. The normalized spacial score (nSPS) is 13.2. The van der Waals surface area contributed by atoms with E-state index in [-0.39, 0.29) is 54.7 Å². The van der Waals surface area contributed by atoms with Gasteiger partial charge in [0, 0.05) is 0 Å². The molecule has 0 spiro atoms. The predicted octanol–water partition coefficient (Wildman–Crippen LogP) is 4.44. The van der Waals surface area contributed by atoms with Crippen molar-refractivity contribution in [1.82, 2.24) is 0 Å². The zero-order valence-corrected chi connectivity index (χ0v) is 34.7. The van der Waals surface area contributed by atoms with E-state index in [1.54, 1.807) is 6.92 Å². The van der Waals surface area contributed by atoms with Gasteiger partial charge in [-0.2, -0.15) is 0 Å². The van der Waals surface area contributed by atoms with E-state index in [2.05, 4.69) is 121 Å². The van der Waals surface area contributed by atoms with Gasteiger partial charge >= 0.3 is 383 Å². The van der Waals surface area contributed by atoms with Gasteiger partial charge in [0.15, 0.2) is 0 Å². The Morgan fingerprint density at radius 3 is 1.44 bits per heavy atom. The molecule has 0 unspecified atom stereocenters. The summed E-state index contributed by atoms with van der Waals surface area (Å²) in [4.78, 5) is 0. The van der Waals surface area contributed by atoms with Crippen molar-refractivity contribution in [1.29, 1.82) is 0 Å². The van der Waals surface area contributed by atoms with Crippen LogP contribution in [0.1, 0.15) is 12.5 Å². The summed E-state index contributed by atoms with van der Waals surface area (Å²) in [5.74, 6) is 0. The van der Waals surface area contributed by atoms with Crippen LogP contribution in [0.4, 0.5) is 0 Å². The molecule has 0 aliphatic rings. The van der Waals surface area contributed by atoms with E-state index in [9.17, 15) is 0 Å². The summed E-state index contributed by atoms with van der Waals surface area (Å²) in [6.07, 6.45) is 0. The molecule has 0 atom stereocenters. The van der Waals surface area contributed by atoms with E-state index in [1.165, 1.54) is 48.5 Å². The molecule has 12 aromatic rings. The van der Waals surface area contributed by atoms with Gasteiger partial charge in [-0.15, -0.1) is 0 Å². The molecule has 0 bridgehead atoms. The van der Waals surface area contributed by atoms with Crippen molar-refractivity contribution in [2.45, 2.75) is 6.92 Å². The molecule has 0 N–H and O–H groups in total. The molecule has 1 nitrogen and oxygen atoms in total. The number of hydrogen-bond acceptors (Lipinski definition) is 1. The second-order valence-corrected chi connectivity index (χ2v) is 17.0. The molecule has 273 valence electrons. The molecule has 0 aliphatic heterocycles. The standard InChI is InChI=1S/C54H24B9O/c1-23(55)53-44(43-46(57)41-42(50(61)54(43)64-53)48(59)52(63)51(62)47(41)58)49(60)45(56)35-21-16-30(31-17-12-28-10-8-24-4-2-6-26-14-19-33(31)39(28)37(24)26)22-36(35)32-18-13-29-11-9-25-5-3-7-27-15-20-34(32)40(29)38(25)27/h2-22H,1H3/b49-44+,53-23-. The van der Waals surface area contributed by atoms with Crippen LogP contribution in [0.5, 0.6) is 0 Å². The van der Waals surface area contributed by atoms with E-state index >= 15 is 0 Å². The van der Waals surface area contributed by atoms with Gasteiger partial charge in [0.1, 0.15) is 0 Å². The van der Waals surface area contributed by atoms with Crippen LogP contribution in [0.3, 0.4) is 0 Å². The van der Waals surface area contributed by atoms with E-state index in [0.717, 1.165) is 38.4 Å². The molecule has 0 aliphatic carbocycles. The Balaban J connectivity index is 1.17. The zero-order chi connectivity index (χ0) is 44.0. The Bertz CT molecular complexity index is 4170. The molecule has 0 saturated heterocycles. The molecule has 0 amide bonds. The fraction of sp³-hybridized carbons (Fsp3) is 0.0185. The Morgan fingerprint density at radius 2 is 0.891 bits per heavy atom. The van der Waals surface area contributed by atoms with Crippen LogP contribution in [0.25, 0.3) is 120 Å². The van der Waals surface area contributed by atoms with Crippen LogP contribution in [-0.2, 0) is 0 Å². The molecule has 17 radical (unpaired) electrons. The zero-order valence-electron chi connectivity index (χ0n) is 34.7. The summed E-state index contributed by atoms with van der Waals surface area (Å²) < 4.78 is 6.45.